The van der Waals surface area contributed by atoms with Crippen LogP contribution in [0.2, 0.25) is 10.0 Å². The molecule has 0 aromatic heterocycles. The van der Waals surface area contributed by atoms with E-state index in [-0.39, 0.29) is 29.3 Å². The van der Waals surface area contributed by atoms with Gasteiger partial charge in [-0.2, -0.15) is 0 Å². The molecule has 7 nitrogen and oxygen atoms in total. The predicted octanol–water partition coefficient (Wildman–Crippen LogP) is 6.53. The molecule has 4 aromatic rings. The van der Waals surface area contributed by atoms with Crippen LogP contribution in [0.15, 0.2) is 102 Å². The van der Waals surface area contributed by atoms with Gasteiger partial charge in [0.15, 0.2) is 0 Å². The topological polar surface area (TPSA) is 93.7 Å². The van der Waals surface area contributed by atoms with Crippen LogP contribution in [-0.4, -0.2) is 27.5 Å². The van der Waals surface area contributed by atoms with Crippen LogP contribution in [0.4, 0.5) is 5.69 Å². The second-order valence-electron chi connectivity index (χ2n) is 8.09. The van der Waals surface area contributed by atoms with Crippen molar-refractivity contribution in [2.24, 2.45) is 0 Å². The number of ether oxygens (including phenoxy) is 2. The van der Waals surface area contributed by atoms with E-state index in [1.54, 1.807) is 24.3 Å². The lowest BCUT2D eigenvalue weighted by Gasteiger charge is -2.14. The number of para-hydroxylation sites is 1. The lowest BCUT2D eigenvalue weighted by molar-refractivity contribution is 0.0901. The van der Waals surface area contributed by atoms with Gasteiger partial charge in [-0.05, 0) is 60.2 Å². The molecule has 0 radical (unpaired) electrons. The van der Waals surface area contributed by atoms with Crippen molar-refractivity contribution in [1.82, 2.24) is 5.32 Å². The van der Waals surface area contributed by atoms with Crippen LogP contribution in [0.5, 0.6) is 11.5 Å². The van der Waals surface area contributed by atoms with Crippen molar-refractivity contribution in [2.75, 3.05) is 17.9 Å². The number of carbonyl (C=O) groups excluding carboxylic acids is 1. The standard InChI is InChI=1S/C28H24Cl2N2O5S/c29-21-10-15-26(24(18-21)28(33)31-16-17-36-19-20-6-2-1-3-7-20)32-38(34,35)23-13-11-22(12-14-23)37-27-9-5-4-8-25(27)30/h1-15,18,32H,16-17,19H2,(H,31,33). The van der Waals surface area contributed by atoms with Crippen molar-refractivity contribution in [3.05, 3.63) is 118 Å². The average Bonchev–Trinajstić information content (AvgIpc) is 2.91. The van der Waals surface area contributed by atoms with Gasteiger partial charge in [0, 0.05) is 11.6 Å². The Morgan fingerprint density at radius 2 is 1.55 bits per heavy atom. The zero-order chi connectivity index (χ0) is 27.0. The largest absolute Gasteiger partial charge is 0.456 e. The number of sulfonamides is 1. The fraction of sp³-hybridized carbons (Fsp3) is 0.107. The fourth-order valence-corrected chi connectivity index (χ4v) is 4.86. The summed E-state index contributed by atoms with van der Waals surface area (Å²) < 4.78 is 39.9. The van der Waals surface area contributed by atoms with E-state index >= 15 is 0 Å². The van der Waals surface area contributed by atoms with Crippen LogP contribution in [-0.2, 0) is 21.4 Å². The minimum atomic E-state index is -4.02. The van der Waals surface area contributed by atoms with Gasteiger partial charge in [-0.3, -0.25) is 9.52 Å². The highest BCUT2D eigenvalue weighted by atomic mass is 35.5. The van der Waals surface area contributed by atoms with E-state index in [1.807, 2.05) is 30.3 Å². The highest BCUT2D eigenvalue weighted by Gasteiger charge is 2.19. The quantitative estimate of drug-likeness (QED) is 0.200. The Hall–Kier alpha value is -3.56. The zero-order valence-electron chi connectivity index (χ0n) is 20.1. The zero-order valence-corrected chi connectivity index (χ0v) is 22.4. The molecule has 0 bridgehead atoms. The van der Waals surface area contributed by atoms with Crippen LogP contribution in [0.3, 0.4) is 0 Å². The molecule has 0 aliphatic heterocycles. The molecule has 0 saturated carbocycles. The first kappa shape index (κ1) is 27.5. The first-order valence-corrected chi connectivity index (χ1v) is 13.8. The molecule has 0 heterocycles. The van der Waals surface area contributed by atoms with Crippen molar-refractivity contribution in [1.29, 1.82) is 0 Å². The van der Waals surface area contributed by atoms with Crippen LogP contribution in [0.25, 0.3) is 0 Å². The van der Waals surface area contributed by atoms with E-state index in [0.717, 1.165) is 5.56 Å². The van der Waals surface area contributed by atoms with E-state index in [1.165, 1.54) is 42.5 Å². The minimum absolute atomic E-state index is 0.0142. The van der Waals surface area contributed by atoms with Crippen molar-refractivity contribution >= 4 is 44.8 Å². The van der Waals surface area contributed by atoms with Crippen molar-refractivity contribution in [2.45, 2.75) is 11.5 Å². The predicted molar refractivity (Wildman–Crippen MR) is 149 cm³/mol. The molecular formula is C28H24Cl2N2O5S. The van der Waals surface area contributed by atoms with E-state index in [9.17, 15) is 13.2 Å². The number of benzene rings is 4. The normalized spacial score (nSPS) is 11.1. The maximum absolute atomic E-state index is 13.1. The van der Waals surface area contributed by atoms with Gasteiger partial charge in [0.2, 0.25) is 0 Å². The number of hydrogen-bond acceptors (Lipinski definition) is 5. The van der Waals surface area contributed by atoms with Crippen molar-refractivity contribution < 1.29 is 22.7 Å². The number of anilines is 1. The van der Waals surface area contributed by atoms with Crippen molar-refractivity contribution in [3.8, 4) is 11.5 Å². The second-order valence-corrected chi connectivity index (χ2v) is 10.6. The SMILES string of the molecule is O=C(NCCOCc1ccccc1)c1cc(Cl)ccc1NS(=O)(=O)c1ccc(Oc2ccccc2Cl)cc1. The molecule has 0 fully saturated rings. The van der Waals surface area contributed by atoms with Crippen LogP contribution in [0.1, 0.15) is 15.9 Å². The molecule has 0 atom stereocenters. The average molecular weight is 571 g/mol. The molecule has 0 aliphatic carbocycles. The second kappa shape index (κ2) is 12.8. The summed E-state index contributed by atoms with van der Waals surface area (Å²) in [5.74, 6) is 0.375. The van der Waals surface area contributed by atoms with Crippen LogP contribution >= 0.6 is 23.2 Å². The molecule has 0 unspecified atom stereocenters. The van der Waals surface area contributed by atoms with Gasteiger partial charge in [0.05, 0.1) is 34.4 Å². The fourth-order valence-electron chi connectivity index (χ4n) is 3.43. The molecule has 4 rings (SSSR count). The molecule has 0 aliphatic rings. The highest BCUT2D eigenvalue weighted by molar-refractivity contribution is 7.92. The molecule has 2 N–H and O–H groups in total. The van der Waals surface area contributed by atoms with Gasteiger partial charge in [-0.1, -0.05) is 65.7 Å². The molecular weight excluding hydrogens is 547 g/mol. The van der Waals surface area contributed by atoms with Crippen LogP contribution in [0, 0.1) is 0 Å². The molecule has 10 heteroatoms. The Morgan fingerprint density at radius 3 is 2.29 bits per heavy atom. The maximum Gasteiger partial charge on any atom is 0.261 e. The van der Waals surface area contributed by atoms with Gasteiger partial charge >= 0.3 is 0 Å². The van der Waals surface area contributed by atoms with Gasteiger partial charge in [-0.25, -0.2) is 8.42 Å². The summed E-state index contributed by atoms with van der Waals surface area (Å²) in [5.41, 5.74) is 1.20. The Morgan fingerprint density at radius 1 is 0.842 bits per heavy atom. The smallest absolute Gasteiger partial charge is 0.261 e. The number of carbonyl (C=O) groups is 1. The van der Waals surface area contributed by atoms with E-state index < -0.39 is 15.9 Å². The summed E-state index contributed by atoms with van der Waals surface area (Å²) in [5, 5.41) is 3.45. The minimum Gasteiger partial charge on any atom is -0.456 e. The number of hydrogen-bond donors (Lipinski definition) is 2. The molecule has 0 saturated heterocycles. The molecule has 4 aromatic carbocycles. The van der Waals surface area contributed by atoms with Gasteiger partial charge in [0.1, 0.15) is 11.5 Å². The summed E-state index contributed by atoms with van der Waals surface area (Å²) in [7, 11) is -4.02. The number of halogens is 2. The maximum atomic E-state index is 13.1. The summed E-state index contributed by atoms with van der Waals surface area (Å²) in [6, 6.07) is 26.8. The molecule has 1 amide bonds. The highest BCUT2D eigenvalue weighted by Crippen LogP contribution is 2.30. The monoisotopic (exact) mass is 570 g/mol. The summed E-state index contributed by atoms with van der Waals surface area (Å²) in [6.07, 6.45) is 0. The first-order valence-electron chi connectivity index (χ1n) is 11.6. The Labute approximate surface area is 231 Å². The van der Waals surface area contributed by atoms with Crippen molar-refractivity contribution in [3.63, 3.8) is 0 Å². The summed E-state index contributed by atoms with van der Waals surface area (Å²) in [6.45, 7) is 0.934. The Kier molecular flexibility index (Phi) is 9.25. The number of nitrogens with one attached hydrogen (secondary N) is 2. The lowest BCUT2D eigenvalue weighted by atomic mass is 10.1. The lowest BCUT2D eigenvalue weighted by Crippen LogP contribution is -2.28. The van der Waals surface area contributed by atoms with Gasteiger partial charge in [0.25, 0.3) is 15.9 Å². The molecule has 38 heavy (non-hydrogen) atoms. The molecule has 0 spiro atoms. The number of rotatable bonds is 11. The van der Waals surface area contributed by atoms with E-state index in [0.29, 0.717) is 28.2 Å². The summed E-state index contributed by atoms with van der Waals surface area (Å²) >= 11 is 12.2. The van der Waals surface area contributed by atoms with Crippen LogP contribution < -0.4 is 14.8 Å². The molecule has 196 valence electrons. The van der Waals surface area contributed by atoms with E-state index in [4.69, 9.17) is 32.7 Å². The Balaban J connectivity index is 1.39. The first-order chi connectivity index (χ1) is 18.3. The van der Waals surface area contributed by atoms with Gasteiger partial charge in [-0.15, -0.1) is 0 Å². The third kappa shape index (κ3) is 7.49. The summed E-state index contributed by atoms with van der Waals surface area (Å²) in [4.78, 5) is 12.8. The Bertz CT molecular complexity index is 1500. The third-order valence-electron chi connectivity index (χ3n) is 5.31. The van der Waals surface area contributed by atoms with E-state index in [2.05, 4.69) is 10.0 Å². The third-order valence-corrected chi connectivity index (χ3v) is 7.24. The van der Waals surface area contributed by atoms with Gasteiger partial charge < -0.3 is 14.8 Å². The number of amides is 1.